The van der Waals surface area contributed by atoms with Gasteiger partial charge < -0.3 is 5.32 Å². The fourth-order valence-electron chi connectivity index (χ4n) is 3.21. The second kappa shape index (κ2) is 6.82. The van der Waals surface area contributed by atoms with E-state index in [0.717, 1.165) is 35.9 Å². The molecule has 2 heterocycles. The number of aromatic nitrogens is 2. The summed E-state index contributed by atoms with van der Waals surface area (Å²) >= 11 is 6.36. The van der Waals surface area contributed by atoms with E-state index in [4.69, 9.17) is 11.6 Å². The van der Waals surface area contributed by atoms with Gasteiger partial charge >= 0.3 is 0 Å². The van der Waals surface area contributed by atoms with E-state index in [-0.39, 0.29) is 0 Å². The highest BCUT2D eigenvalue weighted by molar-refractivity contribution is 6.33. The lowest BCUT2D eigenvalue weighted by Gasteiger charge is -2.32. The summed E-state index contributed by atoms with van der Waals surface area (Å²) in [5, 5.41) is 8.79. The van der Waals surface area contributed by atoms with Crippen molar-refractivity contribution in [3.8, 4) is 11.3 Å². The highest BCUT2D eigenvalue weighted by Gasteiger charge is 2.21. The molecule has 0 bridgehead atoms. The molecular weight excluding hydrogens is 296 g/mol. The molecule has 1 N–H and O–H groups in total. The van der Waals surface area contributed by atoms with Gasteiger partial charge in [0.2, 0.25) is 0 Å². The van der Waals surface area contributed by atoms with E-state index in [2.05, 4.69) is 21.5 Å². The zero-order valence-electron chi connectivity index (χ0n) is 13.2. The number of rotatable bonds is 4. The predicted molar refractivity (Wildman–Crippen MR) is 91.0 cm³/mol. The van der Waals surface area contributed by atoms with Crippen LogP contribution < -0.4 is 5.32 Å². The van der Waals surface area contributed by atoms with Crippen molar-refractivity contribution in [1.82, 2.24) is 20.0 Å². The molecule has 1 aromatic heterocycles. The largest absolute Gasteiger partial charge is 0.316 e. The second-order valence-corrected chi connectivity index (χ2v) is 6.43. The molecule has 22 heavy (non-hydrogen) atoms. The van der Waals surface area contributed by atoms with Gasteiger partial charge in [-0.2, -0.15) is 5.10 Å². The quantitative estimate of drug-likeness (QED) is 0.941. The van der Waals surface area contributed by atoms with E-state index < -0.39 is 0 Å². The van der Waals surface area contributed by atoms with Gasteiger partial charge in [0.15, 0.2) is 0 Å². The molecule has 1 atom stereocenters. The predicted octanol–water partition coefficient (Wildman–Crippen LogP) is 2.92. The molecule has 0 aliphatic carbocycles. The molecule has 1 aliphatic rings. The third-order valence-corrected chi connectivity index (χ3v) is 4.67. The van der Waals surface area contributed by atoms with E-state index in [1.54, 1.807) is 0 Å². The van der Waals surface area contributed by atoms with Crippen LogP contribution in [0.1, 0.15) is 18.4 Å². The summed E-state index contributed by atoms with van der Waals surface area (Å²) in [6.45, 7) is 3.16. The van der Waals surface area contributed by atoms with Gasteiger partial charge in [-0.05, 0) is 32.5 Å². The topological polar surface area (TPSA) is 33.1 Å². The Kier molecular flexibility index (Phi) is 4.81. The van der Waals surface area contributed by atoms with Crippen molar-refractivity contribution in [2.75, 3.05) is 20.1 Å². The summed E-state index contributed by atoms with van der Waals surface area (Å²) < 4.78 is 1.88. The first-order valence-electron chi connectivity index (χ1n) is 7.84. The van der Waals surface area contributed by atoms with Crippen LogP contribution in [0.4, 0.5) is 0 Å². The Morgan fingerprint density at radius 3 is 2.95 bits per heavy atom. The van der Waals surface area contributed by atoms with Crippen LogP contribution in [0.3, 0.4) is 0 Å². The SMILES string of the molecule is CNC1CCCN(Cc2cn(C)nc2-c2ccccc2Cl)C1. The zero-order chi connectivity index (χ0) is 15.5. The second-order valence-electron chi connectivity index (χ2n) is 6.02. The van der Waals surface area contributed by atoms with Crippen LogP contribution in [0.2, 0.25) is 5.02 Å². The summed E-state index contributed by atoms with van der Waals surface area (Å²) in [6.07, 6.45) is 4.62. The fourth-order valence-corrected chi connectivity index (χ4v) is 3.43. The molecular formula is C17H23ClN4. The lowest BCUT2D eigenvalue weighted by Crippen LogP contribution is -2.43. The number of likely N-dealkylation sites (N-methyl/N-ethyl adjacent to an activating group) is 1. The summed E-state index contributed by atoms with van der Waals surface area (Å²) in [5.74, 6) is 0. The van der Waals surface area contributed by atoms with E-state index in [1.807, 2.05) is 43.0 Å². The van der Waals surface area contributed by atoms with Gasteiger partial charge in [0.05, 0.1) is 10.7 Å². The Hall–Kier alpha value is -1.36. The molecule has 1 unspecified atom stereocenters. The molecule has 0 saturated carbocycles. The Morgan fingerprint density at radius 2 is 2.18 bits per heavy atom. The lowest BCUT2D eigenvalue weighted by atomic mass is 10.0. The van der Waals surface area contributed by atoms with Crippen molar-refractivity contribution in [1.29, 1.82) is 0 Å². The number of piperidine rings is 1. The number of halogens is 1. The van der Waals surface area contributed by atoms with Gasteiger partial charge in [0.1, 0.15) is 0 Å². The van der Waals surface area contributed by atoms with Crippen LogP contribution in [-0.2, 0) is 13.6 Å². The molecule has 4 nitrogen and oxygen atoms in total. The third kappa shape index (κ3) is 3.35. The molecule has 0 radical (unpaired) electrons. The molecule has 5 heteroatoms. The minimum Gasteiger partial charge on any atom is -0.316 e. The maximum Gasteiger partial charge on any atom is 0.0983 e. The fraction of sp³-hybridized carbons (Fsp3) is 0.471. The smallest absolute Gasteiger partial charge is 0.0983 e. The van der Waals surface area contributed by atoms with Crippen LogP contribution in [0.15, 0.2) is 30.5 Å². The van der Waals surface area contributed by atoms with E-state index >= 15 is 0 Å². The molecule has 3 rings (SSSR count). The normalized spacial score (nSPS) is 19.5. The minimum absolute atomic E-state index is 0.592. The molecule has 2 aromatic rings. The summed E-state index contributed by atoms with van der Waals surface area (Å²) in [7, 11) is 4.02. The first-order chi connectivity index (χ1) is 10.7. The van der Waals surface area contributed by atoms with Gasteiger partial charge in [-0.3, -0.25) is 9.58 Å². The third-order valence-electron chi connectivity index (χ3n) is 4.34. The van der Waals surface area contributed by atoms with Crippen LogP contribution in [0, 0.1) is 0 Å². The number of aryl methyl sites for hydroxylation is 1. The molecule has 1 aliphatic heterocycles. The first kappa shape index (κ1) is 15.5. The summed E-state index contributed by atoms with van der Waals surface area (Å²) in [4.78, 5) is 2.50. The van der Waals surface area contributed by atoms with Crippen LogP contribution in [0.5, 0.6) is 0 Å². The Bertz CT molecular complexity index is 637. The maximum atomic E-state index is 6.36. The van der Waals surface area contributed by atoms with E-state index in [9.17, 15) is 0 Å². The average Bonchev–Trinajstić information content (AvgIpc) is 2.88. The highest BCUT2D eigenvalue weighted by Crippen LogP contribution is 2.30. The monoisotopic (exact) mass is 318 g/mol. The number of nitrogens with one attached hydrogen (secondary N) is 1. The minimum atomic E-state index is 0.592. The average molecular weight is 319 g/mol. The van der Waals surface area contributed by atoms with Crippen molar-refractivity contribution in [3.05, 3.63) is 41.0 Å². The van der Waals surface area contributed by atoms with Crippen LogP contribution in [-0.4, -0.2) is 40.9 Å². The number of hydrogen-bond donors (Lipinski definition) is 1. The van der Waals surface area contributed by atoms with Gasteiger partial charge in [0.25, 0.3) is 0 Å². The molecule has 0 spiro atoms. The Balaban J connectivity index is 1.84. The van der Waals surface area contributed by atoms with Gasteiger partial charge in [0, 0.05) is 43.5 Å². The maximum absolute atomic E-state index is 6.36. The number of likely N-dealkylation sites (tertiary alicyclic amines) is 1. The van der Waals surface area contributed by atoms with Gasteiger partial charge in [-0.15, -0.1) is 0 Å². The van der Waals surface area contributed by atoms with Gasteiger partial charge in [-0.25, -0.2) is 0 Å². The van der Waals surface area contributed by atoms with Crippen molar-refractivity contribution in [2.45, 2.75) is 25.4 Å². The lowest BCUT2D eigenvalue weighted by molar-refractivity contribution is 0.188. The number of hydrogen-bond acceptors (Lipinski definition) is 3. The van der Waals surface area contributed by atoms with Gasteiger partial charge in [-0.1, -0.05) is 29.8 Å². The summed E-state index contributed by atoms with van der Waals surface area (Å²) in [6, 6.07) is 8.52. The molecule has 1 saturated heterocycles. The number of nitrogens with zero attached hydrogens (tertiary/aromatic N) is 3. The number of benzene rings is 1. The first-order valence-corrected chi connectivity index (χ1v) is 8.22. The molecule has 1 fully saturated rings. The standard InChI is InChI=1S/C17H23ClN4/c1-19-14-6-5-9-22(12-14)11-13-10-21(2)20-17(13)15-7-3-4-8-16(15)18/h3-4,7-8,10,14,19H,5-6,9,11-12H2,1-2H3. The van der Waals surface area contributed by atoms with Crippen molar-refractivity contribution in [3.63, 3.8) is 0 Å². The summed E-state index contributed by atoms with van der Waals surface area (Å²) in [5.41, 5.74) is 3.26. The highest BCUT2D eigenvalue weighted by atomic mass is 35.5. The Labute approximate surface area is 137 Å². The van der Waals surface area contributed by atoms with Crippen molar-refractivity contribution < 1.29 is 0 Å². The molecule has 118 valence electrons. The van der Waals surface area contributed by atoms with E-state index in [0.29, 0.717) is 6.04 Å². The molecule has 1 aromatic carbocycles. The van der Waals surface area contributed by atoms with E-state index in [1.165, 1.54) is 18.4 Å². The Morgan fingerprint density at radius 1 is 1.36 bits per heavy atom. The van der Waals surface area contributed by atoms with Crippen LogP contribution >= 0.6 is 11.6 Å². The van der Waals surface area contributed by atoms with Crippen molar-refractivity contribution in [2.24, 2.45) is 7.05 Å². The van der Waals surface area contributed by atoms with Crippen molar-refractivity contribution >= 4 is 11.6 Å². The molecule has 0 amide bonds. The zero-order valence-corrected chi connectivity index (χ0v) is 14.0. The van der Waals surface area contributed by atoms with Crippen LogP contribution in [0.25, 0.3) is 11.3 Å².